The highest BCUT2D eigenvalue weighted by Crippen LogP contribution is 2.51. The lowest BCUT2D eigenvalue weighted by Crippen LogP contribution is -2.43. The Hall–Kier alpha value is 0.0500. The molecule has 1 saturated heterocycles. The first-order valence-electron chi connectivity index (χ1n) is 6.24. The third-order valence-electron chi connectivity index (χ3n) is 4.25. The monoisotopic (exact) mass is 296 g/mol. The summed E-state index contributed by atoms with van der Waals surface area (Å²) in [6.07, 6.45) is -1.49. The molecule has 1 saturated carbocycles. The van der Waals surface area contributed by atoms with Gasteiger partial charge in [0, 0.05) is 39.6 Å². The van der Waals surface area contributed by atoms with Crippen LogP contribution < -0.4 is 0 Å². The van der Waals surface area contributed by atoms with Crippen LogP contribution in [0.25, 0.3) is 0 Å². The molecular weight excluding hydrogens is 276 g/mol. The highest BCUT2D eigenvalue weighted by molar-refractivity contribution is 6.22. The number of ether oxygens (including phenoxy) is 4. The van der Waals surface area contributed by atoms with Gasteiger partial charge in [-0.15, -0.1) is 11.6 Å². The SMILES string of the molecule is COC(C[C@H]1[C@H](O)[C@@H](Cl)[C@@]2(O)COC(OC)[C@@H]12)OC. The zero-order chi connectivity index (χ0) is 14.2. The van der Waals surface area contributed by atoms with E-state index in [-0.39, 0.29) is 12.5 Å². The van der Waals surface area contributed by atoms with Crippen molar-refractivity contribution in [3.8, 4) is 0 Å². The number of methoxy groups -OCH3 is 3. The minimum Gasteiger partial charge on any atom is -0.391 e. The van der Waals surface area contributed by atoms with Gasteiger partial charge in [-0.25, -0.2) is 0 Å². The van der Waals surface area contributed by atoms with Crippen molar-refractivity contribution in [3.63, 3.8) is 0 Å². The molecule has 2 fully saturated rings. The van der Waals surface area contributed by atoms with Gasteiger partial charge in [0.1, 0.15) is 5.60 Å². The fourth-order valence-corrected chi connectivity index (χ4v) is 3.62. The van der Waals surface area contributed by atoms with E-state index in [9.17, 15) is 10.2 Å². The van der Waals surface area contributed by atoms with Crippen molar-refractivity contribution in [2.75, 3.05) is 27.9 Å². The van der Waals surface area contributed by atoms with Gasteiger partial charge < -0.3 is 29.2 Å². The number of alkyl halides is 1. The summed E-state index contributed by atoms with van der Waals surface area (Å²) < 4.78 is 21.0. The second-order valence-corrected chi connectivity index (χ2v) is 5.60. The Kier molecular flexibility index (Phi) is 4.72. The number of hydrogen-bond acceptors (Lipinski definition) is 6. The van der Waals surface area contributed by atoms with Gasteiger partial charge in [0.15, 0.2) is 12.6 Å². The fraction of sp³-hybridized carbons (Fsp3) is 1.00. The predicted octanol–water partition coefficient (Wildman–Crippen LogP) is -0.0565. The number of halogens is 1. The minimum atomic E-state index is -1.28. The molecule has 2 rings (SSSR count). The smallest absolute Gasteiger partial charge is 0.163 e. The van der Waals surface area contributed by atoms with Gasteiger partial charge >= 0.3 is 0 Å². The molecule has 6 nitrogen and oxygen atoms in total. The summed E-state index contributed by atoms with van der Waals surface area (Å²) >= 11 is 6.17. The van der Waals surface area contributed by atoms with Crippen LogP contribution >= 0.6 is 11.6 Å². The van der Waals surface area contributed by atoms with Crippen LogP contribution in [0.5, 0.6) is 0 Å². The van der Waals surface area contributed by atoms with E-state index in [0.29, 0.717) is 6.42 Å². The molecule has 0 bridgehead atoms. The molecule has 0 spiro atoms. The van der Waals surface area contributed by atoms with Gasteiger partial charge in [-0.05, 0) is 0 Å². The largest absolute Gasteiger partial charge is 0.391 e. The van der Waals surface area contributed by atoms with Crippen LogP contribution in [-0.4, -0.2) is 67.8 Å². The van der Waals surface area contributed by atoms with Crippen LogP contribution in [0.4, 0.5) is 0 Å². The Morgan fingerprint density at radius 2 is 2.00 bits per heavy atom. The number of aliphatic hydroxyl groups is 2. The summed E-state index contributed by atoms with van der Waals surface area (Å²) in [5, 5.41) is 20.1. The number of rotatable bonds is 5. The van der Waals surface area contributed by atoms with Crippen molar-refractivity contribution in [2.24, 2.45) is 11.8 Å². The fourth-order valence-electron chi connectivity index (χ4n) is 3.22. The molecular formula is C12H21ClO6. The summed E-state index contributed by atoms with van der Waals surface area (Å²) in [4.78, 5) is 0. The summed E-state index contributed by atoms with van der Waals surface area (Å²) in [6, 6.07) is 0. The van der Waals surface area contributed by atoms with Crippen LogP contribution in [0.15, 0.2) is 0 Å². The van der Waals surface area contributed by atoms with E-state index < -0.39 is 35.6 Å². The van der Waals surface area contributed by atoms with Crippen molar-refractivity contribution >= 4 is 11.6 Å². The summed E-state index contributed by atoms with van der Waals surface area (Å²) in [7, 11) is 4.56. The molecule has 0 aromatic carbocycles. The van der Waals surface area contributed by atoms with Crippen LogP contribution in [0, 0.1) is 11.8 Å². The minimum absolute atomic E-state index is 0.0581. The molecule has 0 radical (unpaired) electrons. The van der Waals surface area contributed by atoms with E-state index in [1.807, 2.05) is 0 Å². The normalized spacial score (nSPS) is 45.9. The zero-order valence-corrected chi connectivity index (χ0v) is 12.0. The molecule has 0 amide bonds. The van der Waals surface area contributed by atoms with Crippen LogP contribution in [0.3, 0.4) is 0 Å². The summed E-state index contributed by atoms with van der Waals surface area (Å²) in [5.41, 5.74) is -1.28. The molecule has 0 aromatic heterocycles. The van der Waals surface area contributed by atoms with Crippen molar-refractivity contribution in [1.82, 2.24) is 0 Å². The first-order valence-corrected chi connectivity index (χ1v) is 6.67. The lowest BCUT2D eigenvalue weighted by molar-refractivity contribution is -0.151. The average Bonchev–Trinajstić information content (AvgIpc) is 2.84. The summed E-state index contributed by atoms with van der Waals surface area (Å²) in [5.74, 6) is -0.715. The maximum absolute atomic E-state index is 10.6. The van der Waals surface area contributed by atoms with Gasteiger partial charge in [-0.3, -0.25) is 0 Å². The Balaban J connectivity index is 2.21. The quantitative estimate of drug-likeness (QED) is 0.547. The molecule has 1 aliphatic heterocycles. The van der Waals surface area contributed by atoms with Gasteiger partial charge in [0.25, 0.3) is 0 Å². The number of aliphatic hydroxyl groups excluding tert-OH is 1. The van der Waals surface area contributed by atoms with Gasteiger partial charge in [0.05, 0.1) is 18.1 Å². The topological polar surface area (TPSA) is 77.4 Å². The number of hydrogen-bond donors (Lipinski definition) is 2. The Morgan fingerprint density at radius 3 is 2.53 bits per heavy atom. The Morgan fingerprint density at radius 1 is 1.37 bits per heavy atom. The number of fused-ring (bicyclic) bond motifs is 1. The van der Waals surface area contributed by atoms with Crippen molar-refractivity contribution < 1.29 is 29.2 Å². The zero-order valence-electron chi connectivity index (χ0n) is 11.3. The van der Waals surface area contributed by atoms with Crippen molar-refractivity contribution in [3.05, 3.63) is 0 Å². The second kappa shape index (κ2) is 5.81. The molecule has 0 aromatic rings. The maximum atomic E-state index is 10.6. The van der Waals surface area contributed by atoms with Crippen LogP contribution in [0.1, 0.15) is 6.42 Å². The molecule has 19 heavy (non-hydrogen) atoms. The highest BCUT2D eigenvalue weighted by atomic mass is 35.5. The molecule has 2 aliphatic rings. The van der Waals surface area contributed by atoms with E-state index in [2.05, 4.69) is 0 Å². The first-order chi connectivity index (χ1) is 8.99. The molecule has 6 atom stereocenters. The van der Waals surface area contributed by atoms with E-state index >= 15 is 0 Å². The van der Waals surface area contributed by atoms with E-state index in [0.717, 1.165) is 0 Å². The lowest BCUT2D eigenvalue weighted by Gasteiger charge is -2.28. The molecule has 1 unspecified atom stereocenters. The maximum Gasteiger partial charge on any atom is 0.163 e. The molecule has 2 N–H and O–H groups in total. The lowest BCUT2D eigenvalue weighted by atomic mass is 9.85. The van der Waals surface area contributed by atoms with E-state index in [1.54, 1.807) is 0 Å². The predicted molar refractivity (Wildman–Crippen MR) is 66.7 cm³/mol. The Bertz CT molecular complexity index is 313. The van der Waals surface area contributed by atoms with Gasteiger partial charge in [-0.2, -0.15) is 0 Å². The molecule has 112 valence electrons. The second-order valence-electron chi connectivity index (χ2n) is 5.12. The highest BCUT2D eigenvalue weighted by Gasteiger charge is 2.65. The summed E-state index contributed by atoms with van der Waals surface area (Å²) in [6.45, 7) is 0.0581. The van der Waals surface area contributed by atoms with E-state index in [1.165, 1.54) is 21.3 Å². The molecule has 1 aliphatic carbocycles. The third kappa shape index (κ3) is 2.40. The van der Waals surface area contributed by atoms with Crippen molar-refractivity contribution in [2.45, 2.75) is 36.1 Å². The standard InChI is InChI=1S/C12H21ClO6/c1-16-7(17-2)4-6-8-11(18-3)19-5-12(8,15)10(13)9(6)14/h6-11,14-15H,4-5H2,1-3H3/t6-,8-,9+,10-,11?,12-/m1/s1. The molecule has 1 heterocycles. The van der Waals surface area contributed by atoms with Crippen molar-refractivity contribution in [1.29, 1.82) is 0 Å². The molecule has 7 heteroatoms. The third-order valence-corrected chi connectivity index (χ3v) is 4.89. The van der Waals surface area contributed by atoms with Crippen LogP contribution in [0.2, 0.25) is 0 Å². The van der Waals surface area contributed by atoms with Crippen LogP contribution in [-0.2, 0) is 18.9 Å². The van der Waals surface area contributed by atoms with Gasteiger partial charge in [-0.1, -0.05) is 0 Å². The Labute approximate surface area is 117 Å². The van der Waals surface area contributed by atoms with E-state index in [4.69, 9.17) is 30.5 Å². The van der Waals surface area contributed by atoms with Gasteiger partial charge in [0.2, 0.25) is 0 Å². The average molecular weight is 297 g/mol. The first kappa shape index (κ1) is 15.4.